The predicted molar refractivity (Wildman–Crippen MR) is 68.6 cm³/mol. The molecular weight excluding hydrogens is 268 g/mol. The fourth-order valence-electron chi connectivity index (χ4n) is 1.49. The number of rotatable bonds is 5. The minimum Gasteiger partial charge on any atom is -0.368 e. The highest BCUT2D eigenvalue weighted by atomic mass is 79.9. The van der Waals surface area contributed by atoms with Crippen LogP contribution >= 0.6 is 15.9 Å². The van der Waals surface area contributed by atoms with Crippen LogP contribution in [0, 0.1) is 0 Å². The molecule has 1 aromatic carbocycles. The predicted octanol–water partition coefficient (Wildman–Crippen LogP) is 3.38. The third kappa shape index (κ3) is 3.72. The molecule has 0 fully saturated rings. The summed E-state index contributed by atoms with van der Waals surface area (Å²) in [4.78, 5) is 12.0. The van der Waals surface area contributed by atoms with Crippen LogP contribution in [0.3, 0.4) is 0 Å². The van der Waals surface area contributed by atoms with Crippen LogP contribution in [0.5, 0.6) is 0 Å². The zero-order valence-corrected chi connectivity index (χ0v) is 11.5. The van der Waals surface area contributed by atoms with Gasteiger partial charge >= 0.3 is 0 Å². The summed E-state index contributed by atoms with van der Waals surface area (Å²) in [7, 11) is 0. The van der Waals surface area contributed by atoms with E-state index >= 15 is 0 Å². The number of Topliss-reactive ketones (excluding diaryl/α,β-unsaturated/α-hetero) is 1. The number of hydrogen-bond donors (Lipinski definition) is 0. The number of hydrogen-bond acceptors (Lipinski definition) is 2. The molecule has 0 heterocycles. The lowest BCUT2D eigenvalue weighted by Gasteiger charge is -2.23. The Kier molecular flexibility index (Phi) is 4.69. The van der Waals surface area contributed by atoms with Gasteiger partial charge in [0, 0.05) is 17.5 Å². The first-order valence-corrected chi connectivity index (χ1v) is 6.16. The molecule has 0 radical (unpaired) electrons. The van der Waals surface area contributed by atoms with Gasteiger partial charge in [0.15, 0.2) is 5.78 Å². The van der Waals surface area contributed by atoms with Crippen LogP contribution in [-0.2, 0) is 16.0 Å². The fourth-order valence-corrected chi connectivity index (χ4v) is 1.93. The Hall–Kier alpha value is -0.670. The largest absolute Gasteiger partial charge is 0.368 e. The van der Waals surface area contributed by atoms with Gasteiger partial charge in [0.1, 0.15) is 5.60 Å². The van der Waals surface area contributed by atoms with Crippen molar-refractivity contribution in [3.63, 3.8) is 0 Å². The monoisotopic (exact) mass is 284 g/mol. The molecule has 0 saturated carbocycles. The molecule has 0 N–H and O–H groups in total. The molecule has 0 spiro atoms. The van der Waals surface area contributed by atoms with Gasteiger partial charge in [0.25, 0.3) is 0 Å². The number of carbonyl (C=O) groups excluding carboxylic acids is 1. The van der Waals surface area contributed by atoms with E-state index in [1.165, 1.54) is 0 Å². The normalized spacial score (nSPS) is 11.5. The molecule has 0 aliphatic carbocycles. The highest BCUT2D eigenvalue weighted by molar-refractivity contribution is 9.10. The minimum atomic E-state index is -0.697. The molecule has 1 rings (SSSR count). The van der Waals surface area contributed by atoms with E-state index in [4.69, 9.17) is 4.74 Å². The Labute approximate surface area is 105 Å². The van der Waals surface area contributed by atoms with Crippen molar-refractivity contribution in [1.29, 1.82) is 0 Å². The zero-order valence-electron chi connectivity index (χ0n) is 9.92. The van der Waals surface area contributed by atoms with Crippen LogP contribution < -0.4 is 0 Å². The summed E-state index contributed by atoms with van der Waals surface area (Å²) in [6.07, 6.45) is 0.409. The highest BCUT2D eigenvalue weighted by Crippen LogP contribution is 2.17. The SMILES string of the molecule is CCOC(C)(C)C(=O)Cc1cccc(Br)c1. The number of halogens is 1. The number of ether oxygens (including phenoxy) is 1. The average molecular weight is 285 g/mol. The van der Waals surface area contributed by atoms with Gasteiger partial charge in [-0.05, 0) is 38.5 Å². The lowest BCUT2D eigenvalue weighted by molar-refractivity contribution is -0.139. The summed E-state index contributed by atoms with van der Waals surface area (Å²) < 4.78 is 6.42. The molecule has 1 aromatic rings. The average Bonchev–Trinajstić information content (AvgIpc) is 2.17. The minimum absolute atomic E-state index is 0.104. The van der Waals surface area contributed by atoms with Crippen molar-refractivity contribution in [2.75, 3.05) is 6.61 Å². The molecular formula is C13H17BrO2. The second kappa shape index (κ2) is 5.60. The van der Waals surface area contributed by atoms with E-state index in [2.05, 4.69) is 15.9 Å². The Morgan fingerprint density at radius 3 is 2.69 bits per heavy atom. The lowest BCUT2D eigenvalue weighted by atomic mass is 9.97. The lowest BCUT2D eigenvalue weighted by Crippen LogP contribution is -2.36. The van der Waals surface area contributed by atoms with E-state index in [9.17, 15) is 4.79 Å². The van der Waals surface area contributed by atoms with Gasteiger partial charge in [-0.1, -0.05) is 28.1 Å². The number of benzene rings is 1. The van der Waals surface area contributed by atoms with Gasteiger partial charge < -0.3 is 4.74 Å². The van der Waals surface area contributed by atoms with Crippen LogP contribution in [0.2, 0.25) is 0 Å². The molecule has 0 aliphatic heterocycles. The molecule has 0 saturated heterocycles. The topological polar surface area (TPSA) is 26.3 Å². The van der Waals surface area contributed by atoms with Gasteiger partial charge in [-0.15, -0.1) is 0 Å². The molecule has 0 aliphatic rings. The van der Waals surface area contributed by atoms with Crippen molar-refractivity contribution >= 4 is 21.7 Å². The molecule has 16 heavy (non-hydrogen) atoms. The quantitative estimate of drug-likeness (QED) is 0.829. The van der Waals surface area contributed by atoms with Crippen molar-refractivity contribution in [2.45, 2.75) is 32.8 Å². The first-order chi connectivity index (χ1) is 7.45. The number of carbonyl (C=O) groups is 1. The molecule has 0 atom stereocenters. The third-order valence-electron chi connectivity index (χ3n) is 2.43. The van der Waals surface area contributed by atoms with Crippen LogP contribution in [0.4, 0.5) is 0 Å². The van der Waals surface area contributed by atoms with E-state index in [0.717, 1.165) is 10.0 Å². The molecule has 88 valence electrons. The van der Waals surface area contributed by atoms with E-state index < -0.39 is 5.60 Å². The summed E-state index contributed by atoms with van der Waals surface area (Å²) in [6.45, 7) is 6.08. The molecule has 0 aromatic heterocycles. The summed E-state index contributed by atoms with van der Waals surface area (Å²) in [5.41, 5.74) is 0.309. The van der Waals surface area contributed by atoms with Crippen molar-refractivity contribution in [3.8, 4) is 0 Å². The van der Waals surface area contributed by atoms with Gasteiger partial charge in [-0.3, -0.25) is 4.79 Å². The Morgan fingerprint density at radius 2 is 2.12 bits per heavy atom. The molecule has 0 amide bonds. The fraction of sp³-hybridized carbons (Fsp3) is 0.462. The second-order valence-corrected chi connectivity index (χ2v) is 5.09. The van der Waals surface area contributed by atoms with Crippen LogP contribution in [0.25, 0.3) is 0 Å². The highest BCUT2D eigenvalue weighted by Gasteiger charge is 2.27. The number of ketones is 1. The molecule has 0 unspecified atom stereocenters. The summed E-state index contributed by atoms with van der Waals surface area (Å²) in [5, 5.41) is 0. The second-order valence-electron chi connectivity index (χ2n) is 4.17. The first-order valence-electron chi connectivity index (χ1n) is 5.37. The van der Waals surface area contributed by atoms with E-state index in [0.29, 0.717) is 13.0 Å². The Balaban J connectivity index is 2.71. The van der Waals surface area contributed by atoms with Crippen LogP contribution in [0.15, 0.2) is 28.7 Å². The van der Waals surface area contributed by atoms with Crippen LogP contribution in [-0.4, -0.2) is 18.0 Å². The molecule has 2 nitrogen and oxygen atoms in total. The van der Waals surface area contributed by atoms with E-state index in [-0.39, 0.29) is 5.78 Å². The third-order valence-corrected chi connectivity index (χ3v) is 2.92. The smallest absolute Gasteiger partial charge is 0.168 e. The molecule has 3 heteroatoms. The van der Waals surface area contributed by atoms with Crippen molar-refractivity contribution in [1.82, 2.24) is 0 Å². The van der Waals surface area contributed by atoms with E-state index in [1.807, 2.05) is 45.0 Å². The maximum atomic E-state index is 12.0. The zero-order chi connectivity index (χ0) is 12.2. The maximum absolute atomic E-state index is 12.0. The van der Waals surface area contributed by atoms with Gasteiger partial charge in [-0.25, -0.2) is 0 Å². The van der Waals surface area contributed by atoms with Crippen molar-refractivity contribution in [2.24, 2.45) is 0 Å². The standard InChI is InChI=1S/C13H17BrO2/c1-4-16-13(2,3)12(15)9-10-6-5-7-11(14)8-10/h5-8H,4,9H2,1-3H3. The van der Waals surface area contributed by atoms with Gasteiger partial charge in [0.05, 0.1) is 0 Å². The van der Waals surface area contributed by atoms with Gasteiger partial charge in [-0.2, -0.15) is 0 Å². The maximum Gasteiger partial charge on any atom is 0.168 e. The van der Waals surface area contributed by atoms with Gasteiger partial charge in [0.2, 0.25) is 0 Å². The summed E-state index contributed by atoms with van der Waals surface area (Å²) in [5.74, 6) is 0.104. The Morgan fingerprint density at radius 1 is 1.44 bits per heavy atom. The molecule has 0 bridgehead atoms. The first kappa shape index (κ1) is 13.4. The van der Waals surface area contributed by atoms with Crippen LogP contribution in [0.1, 0.15) is 26.3 Å². The summed E-state index contributed by atoms with van der Waals surface area (Å²) >= 11 is 3.39. The Bertz CT molecular complexity index is 372. The van der Waals surface area contributed by atoms with Crippen molar-refractivity contribution < 1.29 is 9.53 Å². The van der Waals surface area contributed by atoms with Crippen molar-refractivity contribution in [3.05, 3.63) is 34.3 Å². The van der Waals surface area contributed by atoms with E-state index in [1.54, 1.807) is 0 Å². The summed E-state index contributed by atoms with van der Waals surface area (Å²) in [6, 6.07) is 7.78.